The quantitative estimate of drug-likeness (QED) is 0.762. The van der Waals surface area contributed by atoms with E-state index in [0.717, 1.165) is 29.4 Å². The SMILES string of the molecule is CC1(C)COCCN1c1c(Cl)cccc1CCl. The molecule has 0 N–H and O–H groups in total. The van der Waals surface area contributed by atoms with Gasteiger partial charge in [-0.25, -0.2) is 0 Å². The molecule has 94 valence electrons. The molecular formula is C13H17Cl2NO. The van der Waals surface area contributed by atoms with Crippen LogP contribution >= 0.6 is 23.2 Å². The largest absolute Gasteiger partial charge is 0.377 e. The van der Waals surface area contributed by atoms with Crippen LogP contribution in [0.2, 0.25) is 5.02 Å². The zero-order valence-corrected chi connectivity index (χ0v) is 11.7. The van der Waals surface area contributed by atoms with Crippen molar-refractivity contribution in [2.75, 3.05) is 24.7 Å². The highest BCUT2D eigenvalue weighted by Crippen LogP contribution is 2.36. The summed E-state index contributed by atoms with van der Waals surface area (Å²) in [6, 6.07) is 5.88. The molecule has 0 bridgehead atoms. The summed E-state index contributed by atoms with van der Waals surface area (Å²) in [5.41, 5.74) is 2.08. The Hall–Kier alpha value is -0.440. The summed E-state index contributed by atoms with van der Waals surface area (Å²) in [6.07, 6.45) is 0. The number of benzene rings is 1. The Balaban J connectivity index is 2.44. The van der Waals surface area contributed by atoms with Gasteiger partial charge < -0.3 is 9.64 Å². The van der Waals surface area contributed by atoms with Crippen LogP contribution in [0.5, 0.6) is 0 Å². The number of halogens is 2. The molecule has 0 saturated carbocycles. The molecule has 0 aromatic heterocycles. The van der Waals surface area contributed by atoms with E-state index in [2.05, 4.69) is 18.7 Å². The highest BCUT2D eigenvalue weighted by molar-refractivity contribution is 6.33. The summed E-state index contributed by atoms with van der Waals surface area (Å²) in [5.74, 6) is 0.476. The number of alkyl halides is 1. The summed E-state index contributed by atoms with van der Waals surface area (Å²) in [4.78, 5) is 2.30. The van der Waals surface area contributed by atoms with E-state index in [1.54, 1.807) is 0 Å². The van der Waals surface area contributed by atoms with Crippen LogP contribution in [0, 0.1) is 0 Å². The van der Waals surface area contributed by atoms with Gasteiger partial charge in [0.1, 0.15) is 0 Å². The van der Waals surface area contributed by atoms with Gasteiger partial charge in [-0.1, -0.05) is 23.7 Å². The molecule has 1 aromatic rings. The van der Waals surface area contributed by atoms with Gasteiger partial charge in [-0.2, -0.15) is 0 Å². The summed E-state index contributed by atoms with van der Waals surface area (Å²) in [6.45, 7) is 6.61. The number of rotatable bonds is 2. The van der Waals surface area contributed by atoms with Gasteiger partial charge in [0.25, 0.3) is 0 Å². The average molecular weight is 274 g/mol. The molecule has 1 aromatic carbocycles. The number of ether oxygens (including phenoxy) is 1. The number of para-hydroxylation sites is 1. The third-order valence-electron chi connectivity index (χ3n) is 3.13. The van der Waals surface area contributed by atoms with E-state index in [0.29, 0.717) is 12.5 Å². The first-order chi connectivity index (χ1) is 8.06. The fourth-order valence-electron chi connectivity index (χ4n) is 2.24. The summed E-state index contributed by atoms with van der Waals surface area (Å²) in [5, 5.41) is 0.762. The first-order valence-corrected chi connectivity index (χ1v) is 6.66. The number of hydrogen-bond donors (Lipinski definition) is 0. The average Bonchev–Trinajstić information content (AvgIpc) is 2.29. The van der Waals surface area contributed by atoms with Crippen LogP contribution in [-0.4, -0.2) is 25.3 Å². The van der Waals surface area contributed by atoms with Crippen LogP contribution in [0.15, 0.2) is 18.2 Å². The van der Waals surface area contributed by atoms with Crippen LogP contribution in [0.1, 0.15) is 19.4 Å². The van der Waals surface area contributed by atoms with Gasteiger partial charge in [0.15, 0.2) is 0 Å². The lowest BCUT2D eigenvalue weighted by molar-refractivity contribution is 0.0643. The third-order valence-corrected chi connectivity index (χ3v) is 3.72. The number of hydrogen-bond acceptors (Lipinski definition) is 2. The van der Waals surface area contributed by atoms with Gasteiger partial charge in [0, 0.05) is 12.4 Å². The highest BCUT2D eigenvalue weighted by atomic mass is 35.5. The Labute approximate surface area is 112 Å². The molecule has 1 aliphatic rings. The fraction of sp³-hybridized carbons (Fsp3) is 0.538. The minimum absolute atomic E-state index is 0.0515. The number of nitrogens with zero attached hydrogens (tertiary/aromatic N) is 1. The highest BCUT2D eigenvalue weighted by Gasteiger charge is 2.32. The molecule has 1 aliphatic heterocycles. The van der Waals surface area contributed by atoms with Gasteiger partial charge in [0.05, 0.1) is 29.5 Å². The van der Waals surface area contributed by atoms with Gasteiger partial charge in [-0.3, -0.25) is 0 Å². The number of morpholine rings is 1. The van der Waals surface area contributed by atoms with Crippen LogP contribution in [-0.2, 0) is 10.6 Å². The van der Waals surface area contributed by atoms with E-state index in [4.69, 9.17) is 27.9 Å². The Morgan fingerprint density at radius 1 is 1.41 bits per heavy atom. The fourth-order valence-corrected chi connectivity index (χ4v) is 2.75. The van der Waals surface area contributed by atoms with Crippen molar-refractivity contribution < 1.29 is 4.74 Å². The summed E-state index contributed by atoms with van der Waals surface area (Å²) >= 11 is 12.3. The zero-order valence-electron chi connectivity index (χ0n) is 10.2. The van der Waals surface area contributed by atoms with Crippen molar-refractivity contribution in [1.82, 2.24) is 0 Å². The second-order valence-corrected chi connectivity index (χ2v) is 5.57. The molecule has 2 nitrogen and oxygen atoms in total. The Bertz CT molecular complexity index is 406. The molecule has 1 fully saturated rings. The molecule has 2 rings (SSSR count). The first kappa shape index (κ1) is 13.0. The lowest BCUT2D eigenvalue weighted by Crippen LogP contribution is -2.53. The van der Waals surface area contributed by atoms with Gasteiger partial charge in [-0.15, -0.1) is 11.6 Å². The monoisotopic (exact) mass is 273 g/mol. The van der Waals surface area contributed by atoms with Crippen LogP contribution in [0.3, 0.4) is 0 Å². The maximum Gasteiger partial charge on any atom is 0.0694 e. The van der Waals surface area contributed by atoms with Gasteiger partial charge in [0.2, 0.25) is 0 Å². The van der Waals surface area contributed by atoms with Crippen molar-refractivity contribution in [3.8, 4) is 0 Å². The van der Waals surface area contributed by atoms with Crippen molar-refractivity contribution in [2.45, 2.75) is 25.3 Å². The van der Waals surface area contributed by atoms with Crippen molar-refractivity contribution in [2.24, 2.45) is 0 Å². The molecule has 0 unspecified atom stereocenters. The van der Waals surface area contributed by atoms with E-state index >= 15 is 0 Å². The number of anilines is 1. The van der Waals surface area contributed by atoms with Gasteiger partial charge >= 0.3 is 0 Å². The van der Waals surface area contributed by atoms with E-state index in [-0.39, 0.29) is 5.54 Å². The van der Waals surface area contributed by atoms with Crippen LogP contribution < -0.4 is 4.90 Å². The molecule has 1 saturated heterocycles. The molecule has 4 heteroatoms. The molecule has 0 radical (unpaired) electrons. The van der Waals surface area contributed by atoms with E-state index in [1.165, 1.54) is 0 Å². The lowest BCUT2D eigenvalue weighted by Gasteiger charge is -2.44. The maximum atomic E-state index is 6.33. The standard InChI is InChI=1S/C13H17Cl2NO/c1-13(2)9-17-7-6-16(13)12-10(8-14)4-3-5-11(12)15/h3-5H,6-9H2,1-2H3. The smallest absolute Gasteiger partial charge is 0.0694 e. The van der Waals surface area contributed by atoms with Gasteiger partial charge in [-0.05, 0) is 25.5 Å². The predicted octanol–water partition coefficient (Wildman–Crippen LogP) is 3.69. The summed E-state index contributed by atoms with van der Waals surface area (Å²) < 4.78 is 5.53. The second-order valence-electron chi connectivity index (χ2n) is 4.90. The van der Waals surface area contributed by atoms with E-state index < -0.39 is 0 Å². The van der Waals surface area contributed by atoms with Crippen molar-refractivity contribution in [3.63, 3.8) is 0 Å². The topological polar surface area (TPSA) is 12.5 Å². The lowest BCUT2D eigenvalue weighted by atomic mass is 10.00. The Kier molecular flexibility index (Phi) is 3.86. The van der Waals surface area contributed by atoms with E-state index in [9.17, 15) is 0 Å². The Morgan fingerprint density at radius 3 is 2.82 bits per heavy atom. The maximum absolute atomic E-state index is 6.33. The van der Waals surface area contributed by atoms with Crippen molar-refractivity contribution in [1.29, 1.82) is 0 Å². The minimum Gasteiger partial charge on any atom is -0.377 e. The molecule has 0 spiro atoms. The molecule has 0 aliphatic carbocycles. The molecule has 0 amide bonds. The van der Waals surface area contributed by atoms with Crippen molar-refractivity contribution >= 4 is 28.9 Å². The first-order valence-electron chi connectivity index (χ1n) is 5.75. The molecule has 1 heterocycles. The normalized spacial score (nSPS) is 19.4. The van der Waals surface area contributed by atoms with E-state index in [1.807, 2.05) is 18.2 Å². The zero-order chi connectivity index (χ0) is 12.5. The molecule has 17 heavy (non-hydrogen) atoms. The van der Waals surface area contributed by atoms with Crippen molar-refractivity contribution in [3.05, 3.63) is 28.8 Å². The Morgan fingerprint density at radius 2 is 2.18 bits per heavy atom. The molecular weight excluding hydrogens is 257 g/mol. The predicted molar refractivity (Wildman–Crippen MR) is 73.3 cm³/mol. The molecule has 0 atom stereocenters. The van der Waals surface area contributed by atoms with Crippen LogP contribution in [0.4, 0.5) is 5.69 Å². The third kappa shape index (κ3) is 2.54. The second kappa shape index (κ2) is 5.05. The van der Waals surface area contributed by atoms with Crippen LogP contribution in [0.25, 0.3) is 0 Å². The summed E-state index contributed by atoms with van der Waals surface area (Å²) in [7, 11) is 0. The minimum atomic E-state index is -0.0515.